The van der Waals surface area contributed by atoms with E-state index >= 15 is 0 Å². The van der Waals surface area contributed by atoms with Gasteiger partial charge in [0.15, 0.2) is 5.69 Å². The second kappa shape index (κ2) is 5.96. The van der Waals surface area contributed by atoms with Crippen molar-refractivity contribution in [3.63, 3.8) is 0 Å². The second-order valence-electron chi connectivity index (χ2n) is 4.21. The first kappa shape index (κ1) is 13.7. The van der Waals surface area contributed by atoms with Gasteiger partial charge in [0, 0.05) is 0 Å². The topological polar surface area (TPSA) is 100 Å². The number of nitrogens with two attached hydrogens (primary N) is 1. The number of rotatable bonds is 5. The second-order valence-corrected chi connectivity index (χ2v) is 4.21. The third kappa shape index (κ3) is 3.19. The molecule has 0 aliphatic carbocycles. The van der Waals surface area contributed by atoms with E-state index in [-0.39, 0.29) is 18.8 Å². The number of nitrogens with zero attached hydrogens (tertiary/aromatic N) is 3. The number of hydrogen-bond donors (Lipinski definition) is 1. The SMILES string of the molecule is Cc1c(C(=O)OCc2ccccc2)nnn1CC(N)=O. The average Bonchev–Trinajstić information content (AvgIpc) is 2.78. The molecule has 1 amide bonds. The quantitative estimate of drug-likeness (QED) is 0.797. The average molecular weight is 274 g/mol. The Labute approximate surface area is 115 Å². The van der Waals surface area contributed by atoms with Gasteiger partial charge in [-0.3, -0.25) is 4.79 Å². The van der Waals surface area contributed by atoms with Crippen molar-refractivity contribution in [2.45, 2.75) is 20.1 Å². The molecule has 0 unspecified atom stereocenters. The first-order valence-electron chi connectivity index (χ1n) is 5.97. The fourth-order valence-corrected chi connectivity index (χ4v) is 1.64. The van der Waals surface area contributed by atoms with E-state index in [2.05, 4.69) is 10.3 Å². The highest BCUT2D eigenvalue weighted by atomic mass is 16.5. The molecule has 2 N–H and O–H groups in total. The molecule has 2 aromatic rings. The number of aromatic nitrogens is 3. The molecule has 0 bridgehead atoms. The molecule has 0 saturated heterocycles. The van der Waals surface area contributed by atoms with E-state index in [0.717, 1.165) is 5.56 Å². The van der Waals surface area contributed by atoms with Crippen LogP contribution in [0.25, 0.3) is 0 Å². The van der Waals surface area contributed by atoms with Crippen LogP contribution < -0.4 is 5.73 Å². The molecule has 20 heavy (non-hydrogen) atoms. The van der Waals surface area contributed by atoms with Gasteiger partial charge in [-0.05, 0) is 12.5 Å². The van der Waals surface area contributed by atoms with Gasteiger partial charge in [-0.1, -0.05) is 35.5 Å². The van der Waals surface area contributed by atoms with E-state index in [1.165, 1.54) is 4.68 Å². The van der Waals surface area contributed by atoms with Crippen molar-refractivity contribution in [2.75, 3.05) is 0 Å². The third-order valence-electron chi connectivity index (χ3n) is 2.69. The van der Waals surface area contributed by atoms with Crippen LogP contribution in [0, 0.1) is 6.92 Å². The maximum atomic E-state index is 11.9. The largest absolute Gasteiger partial charge is 0.456 e. The summed E-state index contributed by atoms with van der Waals surface area (Å²) < 4.78 is 6.41. The lowest BCUT2D eigenvalue weighted by atomic mass is 10.2. The van der Waals surface area contributed by atoms with E-state index in [4.69, 9.17) is 10.5 Å². The van der Waals surface area contributed by atoms with Crippen molar-refractivity contribution in [1.29, 1.82) is 0 Å². The van der Waals surface area contributed by atoms with Crippen LogP contribution >= 0.6 is 0 Å². The smallest absolute Gasteiger partial charge is 0.361 e. The number of benzene rings is 1. The third-order valence-corrected chi connectivity index (χ3v) is 2.69. The van der Waals surface area contributed by atoms with Crippen molar-refractivity contribution < 1.29 is 14.3 Å². The van der Waals surface area contributed by atoms with Crippen LogP contribution in [0.15, 0.2) is 30.3 Å². The van der Waals surface area contributed by atoms with Gasteiger partial charge in [-0.15, -0.1) is 5.10 Å². The van der Waals surface area contributed by atoms with Gasteiger partial charge in [0.25, 0.3) is 0 Å². The molecule has 0 fully saturated rings. The fourth-order valence-electron chi connectivity index (χ4n) is 1.64. The Morgan fingerprint density at radius 3 is 2.65 bits per heavy atom. The molecule has 0 aliphatic rings. The van der Waals surface area contributed by atoms with E-state index in [0.29, 0.717) is 5.69 Å². The molecule has 7 heteroatoms. The predicted octanol–water partition coefficient (Wildman–Crippen LogP) is 0.429. The summed E-state index contributed by atoms with van der Waals surface area (Å²) >= 11 is 0. The Balaban J connectivity index is 2.03. The maximum absolute atomic E-state index is 11.9. The van der Waals surface area contributed by atoms with Crippen LogP contribution in [-0.2, 0) is 22.7 Å². The Hall–Kier alpha value is -2.70. The summed E-state index contributed by atoms with van der Waals surface area (Å²) in [5, 5.41) is 7.41. The van der Waals surface area contributed by atoms with Crippen molar-refractivity contribution >= 4 is 11.9 Å². The molecular formula is C13H14N4O3. The normalized spacial score (nSPS) is 10.2. The summed E-state index contributed by atoms with van der Waals surface area (Å²) in [4.78, 5) is 22.7. The number of carbonyl (C=O) groups is 2. The van der Waals surface area contributed by atoms with Crippen LogP contribution in [-0.4, -0.2) is 26.9 Å². The highest BCUT2D eigenvalue weighted by molar-refractivity contribution is 5.88. The number of hydrogen-bond acceptors (Lipinski definition) is 5. The van der Waals surface area contributed by atoms with Crippen LogP contribution in [0.1, 0.15) is 21.7 Å². The molecule has 0 radical (unpaired) electrons. The first-order valence-corrected chi connectivity index (χ1v) is 5.97. The summed E-state index contributed by atoms with van der Waals surface area (Å²) in [6.45, 7) is 1.66. The standard InChI is InChI=1S/C13H14N4O3/c1-9-12(15-16-17(9)7-11(14)18)13(19)20-8-10-5-3-2-4-6-10/h2-6H,7-8H2,1H3,(H2,14,18). The lowest BCUT2D eigenvalue weighted by molar-refractivity contribution is -0.118. The lowest BCUT2D eigenvalue weighted by Gasteiger charge is -2.03. The Morgan fingerprint density at radius 1 is 1.30 bits per heavy atom. The van der Waals surface area contributed by atoms with Gasteiger partial charge < -0.3 is 10.5 Å². The van der Waals surface area contributed by atoms with Gasteiger partial charge >= 0.3 is 5.97 Å². The van der Waals surface area contributed by atoms with E-state index in [9.17, 15) is 9.59 Å². The molecule has 0 saturated carbocycles. The van der Waals surface area contributed by atoms with Crippen molar-refractivity contribution in [2.24, 2.45) is 5.73 Å². The molecular weight excluding hydrogens is 260 g/mol. The van der Waals surface area contributed by atoms with Gasteiger partial charge in [-0.25, -0.2) is 9.48 Å². The lowest BCUT2D eigenvalue weighted by Crippen LogP contribution is -2.20. The van der Waals surface area contributed by atoms with Crippen LogP contribution in [0.4, 0.5) is 0 Å². The number of primary amides is 1. The molecule has 0 aliphatic heterocycles. The molecule has 1 heterocycles. The zero-order valence-electron chi connectivity index (χ0n) is 10.9. The Bertz CT molecular complexity index is 622. The molecule has 1 aromatic heterocycles. The summed E-state index contributed by atoms with van der Waals surface area (Å²) in [5.74, 6) is -1.13. The Morgan fingerprint density at radius 2 is 2.00 bits per heavy atom. The first-order chi connectivity index (χ1) is 9.58. The summed E-state index contributed by atoms with van der Waals surface area (Å²) in [6, 6.07) is 9.30. The van der Waals surface area contributed by atoms with Crippen LogP contribution in [0.5, 0.6) is 0 Å². The molecule has 0 atom stereocenters. The summed E-state index contributed by atoms with van der Waals surface area (Å²) in [5.41, 5.74) is 6.48. The van der Waals surface area contributed by atoms with Gasteiger partial charge in [0.2, 0.25) is 5.91 Å². The van der Waals surface area contributed by atoms with E-state index in [1.54, 1.807) is 6.92 Å². The number of ether oxygens (including phenoxy) is 1. The van der Waals surface area contributed by atoms with Gasteiger partial charge in [0.05, 0.1) is 5.69 Å². The minimum absolute atomic E-state index is 0.0854. The summed E-state index contributed by atoms with van der Waals surface area (Å²) in [7, 11) is 0. The fraction of sp³-hybridized carbons (Fsp3) is 0.231. The number of esters is 1. The van der Waals surface area contributed by atoms with Gasteiger partial charge in [-0.2, -0.15) is 0 Å². The molecule has 1 aromatic carbocycles. The Kier molecular flexibility index (Phi) is 4.09. The van der Waals surface area contributed by atoms with Crippen LogP contribution in [0.3, 0.4) is 0 Å². The van der Waals surface area contributed by atoms with Crippen LogP contribution in [0.2, 0.25) is 0 Å². The molecule has 104 valence electrons. The highest BCUT2D eigenvalue weighted by Crippen LogP contribution is 2.08. The molecule has 0 spiro atoms. The minimum atomic E-state index is -0.581. The summed E-state index contributed by atoms with van der Waals surface area (Å²) in [6.07, 6.45) is 0. The minimum Gasteiger partial charge on any atom is -0.456 e. The number of carbonyl (C=O) groups excluding carboxylic acids is 2. The van der Waals surface area contributed by atoms with E-state index < -0.39 is 11.9 Å². The number of amides is 1. The van der Waals surface area contributed by atoms with E-state index in [1.807, 2.05) is 30.3 Å². The monoisotopic (exact) mass is 274 g/mol. The van der Waals surface area contributed by atoms with Crippen molar-refractivity contribution in [3.8, 4) is 0 Å². The zero-order valence-corrected chi connectivity index (χ0v) is 10.9. The zero-order chi connectivity index (χ0) is 14.5. The maximum Gasteiger partial charge on any atom is 0.361 e. The van der Waals surface area contributed by atoms with Crippen molar-refractivity contribution in [1.82, 2.24) is 15.0 Å². The molecule has 7 nitrogen and oxygen atoms in total. The predicted molar refractivity (Wildman–Crippen MR) is 69.5 cm³/mol. The highest BCUT2D eigenvalue weighted by Gasteiger charge is 2.18. The molecule has 2 rings (SSSR count). The van der Waals surface area contributed by atoms with Gasteiger partial charge in [0.1, 0.15) is 13.2 Å². The van der Waals surface area contributed by atoms with Crippen molar-refractivity contribution in [3.05, 3.63) is 47.3 Å².